The van der Waals surface area contributed by atoms with E-state index in [0.29, 0.717) is 0 Å². The predicted octanol–water partition coefficient (Wildman–Crippen LogP) is 4.10. The number of hydrogen-bond acceptors (Lipinski definition) is 5. The van der Waals surface area contributed by atoms with Crippen molar-refractivity contribution in [3.05, 3.63) is 71.8 Å². The third-order valence-corrected chi connectivity index (χ3v) is 4.70. The topological polar surface area (TPSA) is 54.0 Å². The summed E-state index contributed by atoms with van der Waals surface area (Å²) < 4.78 is 50.3. The van der Waals surface area contributed by atoms with Crippen LogP contribution in [-0.2, 0) is 37.0 Å². The van der Waals surface area contributed by atoms with Crippen molar-refractivity contribution in [3.8, 4) is 0 Å². The number of alkyl halides is 2. The molecule has 0 aliphatic carbocycles. The second-order valence-corrected chi connectivity index (χ2v) is 6.91. The van der Waals surface area contributed by atoms with Gasteiger partial charge in [-0.1, -0.05) is 60.7 Å². The van der Waals surface area contributed by atoms with E-state index >= 15 is 0 Å². The normalized spacial score (nSPS) is 24.0. The molecular formula is C22H24F2O5. The molecule has 0 N–H and O–H groups in total. The van der Waals surface area contributed by atoms with E-state index in [1.54, 1.807) is 0 Å². The highest BCUT2D eigenvalue weighted by Gasteiger charge is 2.57. The van der Waals surface area contributed by atoms with E-state index in [9.17, 15) is 13.6 Å². The Kier molecular flexibility index (Phi) is 7.30. The third kappa shape index (κ3) is 5.59. The second kappa shape index (κ2) is 9.91. The van der Waals surface area contributed by atoms with Gasteiger partial charge in [0.15, 0.2) is 5.60 Å². The van der Waals surface area contributed by atoms with E-state index in [1.165, 1.54) is 6.92 Å². The first-order valence-corrected chi connectivity index (χ1v) is 9.40. The molecule has 7 heteroatoms. The number of carbonyl (C=O) groups excluding carboxylic acids is 1. The summed E-state index contributed by atoms with van der Waals surface area (Å²) in [6.45, 7) is 1.10. The van der Waals surface area contributed by atoms with Gasteiger partial charge in [-0.05, 0) is 11.1 Å². The molecule has 3 unspecified atom stereocenters. The summed E-state index contributed by atoms with van der Waals surface area (Å²) in [7, 11) is 0. The van der Waals surface area contributed by atoms with E-state index in [-0.39, 0.29) is 19.6 Å². The number of carbonyl (C=O) groups is 1. The Labute approximate surface area is 168 Å². The van der Waals surface area contributed by atoms with E-state index in [4.69, 9.17) is 18.9 Å². The maximum absolute atomic E-state index is 14.2. The Balaban J connectivity index is 1.72. The maximum atomic E-state index is 14.2. The lowest BCUT2D eigenvalue weighted by molar-refractivity contribution is -0.240. The number of esters is 1. The minimum Gasteiger partial charge on any atom is -0.436 e. The summed E-state index contributed by atoms with van der Waals surface area (Å²) in [5, 5.41) is 0. The molecule has 1 heterocycles. The van der Waals surface area contributed by atoms with Crippen molar-refractivity contribution in [2.75, 3.05) is 6.61 Å². The van der Waals surface area contributed by atoms with Gasteiger partial charge in [0.25, 0.3) is 6.43 Å². The molecule has 0 saturated carbocycles. The number of hydrogen-bond donors (Lipinski definition) is 0. The molecule has 1 saturated heterocycles. The molecule has 29 heavy (non-hydrogen) atoms. The van der Waals surface area contributed by atoms with E-state index in [1.807, 2.05) is 60.7 Å². The van der Waals surface area contributed by atoms with Crippen LogP contribution in [0.15, 0.2) is 60.7 Å². The molecule has 0 radical (unpaired) electrons. The summed E-state index contributed by atoms with van der Waals surface area (Å²) in [6.07, 6.45) is -4.99. The van der Waals surface area contributed by atoms with Crippen molar-refractivity contribution in [1.29, 1.82) is 0 Å². The zero-order valence-electron chi connectivity index (χ0n) is 16.1. The van der Waals surface area contributed by atoms with Gasteiger partial charge >= 0.3 is 5.97 Å². The van der Waals surface area contributed by atoms with Gasteiger partial charge in [0, 0.05) is 13.3 Å². The molecule has 3 atom stereocenters. The van der Waals surface area contributed by atoms with Gasteiger partial charge in [-0.3, -0.25) is 4.79 Å². The maximum Gasteiger partial charge on any atom is 0.304 e. The van der Waals surface area contributed by atoms with Crippen LogP contribution in [0.25, 0.3) is 0 Å². The van der Waals surface area contributed by atoms with Crippen LogP contribution in [0.3, 0.4) is 0 Å². The molecule has 0 amide bonds. The van der Waals surface area contributed by atoms with Crippen LogP contribution in [0.2, 0.25) is 0 Å². The molecule has 3 rings (SSSR count). The lowest BCUT2D eigenvalue weighted by Gasteiger charge is -2.33. The highest BCUT2D eigenvalue weighted by atomic mass is 19.3. The molecule has 1 fully saturated rings. The predicted molar refractivity (Wildman–Crippen MR) is 101 cm³/mol. The molecule has 1 aliphatic heterocycles. The first-order valence-electron chi connectivity index (χ1n) is 9.40. The second-order valence-electron chi connectivity index (χ2n) is 6.91. The Morgan fingerprint density at radius 1 is 1.07 bits per heavy atom. The van der Waals surface area contributed by atoms with Gasteiger partial charge in [0.1, 0.15) is 6.10 Å². The van der Waals surface area contributed by atoms with Crippen molar-refractivity contribution < 1.29 is 32.5 Å². The van der Waals surface area contributed by atoms with E-state index in [2.05, 4.69) is 0 Å². The van der Waals surface area contributed by atoms with Crippen LogP contribution in [-0.4, -0.2) is 37.0 Å². The van der Waals surface area contributed by atoms with Crippen molar-refractivity contribution in [1.82, 2.24) is 0 Å². The van der Waals surface area contributed by atoms with Crippen molar-refractivity contribution in [2.24, 2.45) is 0 Å². The Morgan fingerprint density at radius 3 is 2.21 bits per heavy atom. The summed E-state index contributed by atoms with van der Waals surface area (Å²) in [6, 6.07) is 18.5. The first kappa shape index (κ1) is 21.4. The standard InChI is InChI=1S/C22H24F2O5/c1-16(25)28-20-12-19(27-14-18-10-6-3-7-11-18)22(29-20,21(23)24)15-26-13-17-8-4-2-5-9-17/h2-11,19-21H,12-15H2,1H3. The van der Waals surface area contributed by atoms with Crippen LogP contribution >= 0.6 is 0 Å². The fraction of sp³-hybridized carbons (Fsp3) is 0.409. The van der Waals surface area contributed by atoms with Gasteiger partial charge < -0.3 is 18.9 Å². The molecule has 1 aliphatic rings. The first-order chi connectivity index (χ1) is 14.0. The number of ether oxygens (including phenoxy) is 4. The van der Waals surface area contributed by atoms with Gasteiger partial charge in [0.05, 0.1) is 19.8 Å². The Morgan fingerprint density at radius 2 is 1.66 bits per heavy atom. The van der Waals surface area contributed by atoms with E-state index in [0.717, 1.165) is 11.1 Å². The molecule has 0 bridgehead atoms. The van der Waals surface area contributed by atoms with Gasteiger partial charge in [-0.25, -0.2) is 8.78 Å². The molecule has 0 spiro atoms. The van der Waals surface area contributed by atoms with Crippen molar-refractivity contribution in [2.45, 2.75) is 51.0 Å². The smallest absolute Gasteiger partial charge is 0.304 e. The molecule has 0 aromatic heterocycles. The summed E-state index contributed by atoms with van der Waals surface area (Å²) in [4.78, 5) is 11.3. The number of benzene rings is 2. The van der Waals surface area contributed by atoms with E-state index < -0.39 is 37.0 Å². The monoisotopic (exact) mass is 406 g/mol. The largest absolute Gasteiger partial charge is 0.436 e. The third-order valence-electron chi connectivity index (χ3n) is 4.70. The molecular weight excluding hydrogens is 382 g/mol. The minimum absolute atomic E-state index is 0.00541. The van der Waals surface area contributed by atoms with Crippen LogP contribution in [0.4, 0.5) is 8.78 Å². The lowest BCUT2D eigenvalue weighted by Crippen LogP contribution is -2.51. The molecule has 156 valence electrons. The fourth-order valence-electron chi connectivity index (χ4n) is 3.26. The number of halogens is 2. The summed E-state index contributed by atoms with van der Waals surface area (Å²) >= 11 is 0. The highest BCUT2D eigenvalue weighted by Crippen LogP contribution is 2.39. The average molecular weight is 406 g/mol. The molecule has 2 aromatic carbocycles. The summed E-state index contributed by atoms with van der Waals surface area (Å²) in [5.74, 6) is -0.605. The van der Waals surface area contributed by atoms with Crippen molar-refractivity contribution in [3.63, 3.8) is 0 Å². The van der Waals surface area contributed by atoms with Gasteiger partial charge in [-0.15, -0.1) is 0 Å². The zero-order valence-corrected chi connectivity index (χ0v) is 16.1. The van der Waals surface area contributed by atoms with Gasteiger partial charge in [-0.2, -0.15) is 0 Å². The molecule has 5 nitrogen and oxygen atoms in total. The minimum atomic E-state index is -2.89. The Bertz CT molecular complexity index is 771. The van der Waals surface area contributed by atoms with Crippen LogP contribution < -0.4 is 0 Å². The number of rotatable bonds is 9. The van der Waals surface area contributed by atoms with Gasteiger partial charge in [0.2, 0.25) is 6.29 Å². The summed E-state index contributed by atoms with van der Waals surface area (Å²) in [5.41, 5.74) is -0.325. The lowest BCUT2D eigenvalue weighted by atomic mass is 9.98. The average Bonchev–Trinajstić information content (AvgIpc) is 3.06. The van der Waals surface area contributed by atoms with Crippen molar-refractivity contribution >= 4 is 5.97 Å². The molecule has 2 aromatic rings. The quantitative estimate of drug-likeness (QED) is 0.587. The SMILES string of the molecule is CC(=O)OC1CC(OCc2ccccc2)C(COCc2ccccc2)(C(F)F)O1. The van der Waals surface area contributed by atoms with Crippen LogP contribution in [0.1, 0.15) is 24.5 Å². The van der Waals surface area contributed by atoms with Crippen LogP contribution in [0.5, 0.6) is 0 Å². The van der Waals surface area contributed by atoms with Crippen LogP contribution in [0, 0.1) is 0 Å². The highest BCUT2D eigenvalue weighted by molar-refractivity contribution is 5.66. The zero-order chi connectivity index (χ0) is 20.7. The fourth-order valence-corrected chi connectivity index (χ4v) is 3.26. The Hall–Kier alpha value is -2.35.